The molecule has 1 fully saturated rings. The predicted octanol–water partition coefficient (Wildman–Crippen LogP) is 1.58. The van der Waals surface area contributed by atoms with Crippen molar-refractivity contribution in [2.24, 2.45) is 0 Å². The van der Waals surface area contributed by atoms with E-state index in [1.54, 1.807) is 12.3 Å². The van der Waals surface area contributed by atoms with Crippen LogP contribution >= 0.6 is 0 Å². The zero-order valence-electron chi connectivity index (χ0n) is 12.1. The van der Waals surface area contributed by atoms with E-state index in [9.17, 15) is 13.6 Å². The number of halogens is 2. The molecule has 0 bridgehead atoms. The number of carbonyl (C=O) groups is 1. The minimum absolute atomic E-state index is 0.0368. The molecule has 116 valence electrons. The first-order valence-corrected chi connectivity index (χ1v) is 6.84. The maximum atomic E-state index is 12.7. The standard InChI is InChI=1S/C14H19F2N3O2/c1-10-9-19(5-6-21-10)12-4-3-11(7-17-12)8-18-13(20)14(2,15)16/h3-4,7,10H,5-6,8-9H2,1-2H3,(H,18,20)/t10-/m0/s1. The number of amides is 1. The van der Waals surface area contributed by atoms with Gasteiger partial charge in [-0.1, -0.05) is 6.07 Å². The molecule has 0 radical (unpaired) electrons. The van der Waals surface area contributed by atoms with E-state index in [2.05, 4.69) is 15.2 Å². The zero-order chi connectivity index (χ0) is 15.5. The van der Waals surface area contributed by atoms with E-state index in [0.29, 0.717) is 19.1 Å². The van der Waals surface area contributed by atoms with Gasteiger partial charge in [0, 0.05) is 32.8 Å². The average molecular weight is 299 g/mol. The molecule has 1 atom stereocenters. The molecule has 0 aliphatic carbocycles. The van der Waals surface area contributed by atoms with Crippen LogP contribution in [0.15, 0.2) is 18.3 Å². The SMILES string of the molecule is C[C@H]1CN(c2ccc(CNC(=O)C(C)(F)F)cn2)CCO1. The second-order valence-electron chi connectivity index (χ2n) is 5.22. The molecule has 0 spiro atoms. The van der Waals surface area contributed by atoms with Crippen molar-refractivity contribution in [2.75, 3.05) is 24.6 Å². The topological polar surface area (TPSA) is 54.5 Å². The number of alkyl halides is 2. The third-order valence-electron chi connectivity index (χ3n) is 3.23. The Labute approximate surface area is 122 Å². The number of hydrogen-bond donors (Lipinski definition) is 1. The molecule has 7 heteroatoms. The van der Waals surface area contributed by atoms with Crippen LogP contribution in [0.2, 0.25) is 0 Å². The summed E-state index contributed by atoms with van der Waals surface area (Å²) in [6.45, 7) is 4.81. The van der Waals surface area contributed by atoms with E-state index in [1.807, 2.05) is 13.0 Å². The molecule has 2 heterocycles. The highest BCUT2D eigenvalue weighted by Crippen LogP contribution is 2.16. The average Bonchev–Trinajstić information content (AvgIpc) is 2.44. The van der Waals surface area contributed by atoms with Gasteiger partial charge in [-0.2, -0.15) is 8.78 Å². The lowest BCUT2D eigenvalue weighted by atomic mass is 10.2. The van der Waals surface area contributed by atoms with Crippen molar-refractivity contribution in [1.29, 1.82) is 0 Å². The van der Waals surface area contributed by atoms with Gasteiger partial charge in [-0.05, 0) is 18.6 Å². The summed E-state index contributed by atoms with van der Waals surface area (Å²) >= 11 is 0. The Morgan fingerprint density at radius 2 is 2.33 bits per heavy atom. The fourth-order valence-corrected chi connectivity index (χ4v) is 2.07. The first-order chi connectivity index (χ1) is 9.86. The molecule has 0 aromatic carbocycles. The second kappa shape index (κ2) is 6.34. The number of nitrogens with one attached hydrogen (secondary N) is 1. The van der Waals surface area contributed by atoms with Crippen molar-refractivity contribution in [3.05, 3.63) is 23.9 Å². The summed E-state index contributed by atoms with van der Waals surface area (Å²) in [5, 5.41) is 2.18. The van der Waals surface area contributed by atoms with Crippen molar-refractivity contribution < 1.29 is 18.3 Å². The number of ether oxygens (including phenoxy) is 1. The van der Waals surface area contributed by atoms with Crippen LogP contribution in [0.3, 0.4) is 0 Å². The van der Waals surface area contributed by atoms with Gasteiger partial charge in [0.15, 0.2) is 0 Å². The van der Waals surface area contributed by atoms with Crippen LogP contribution in [0.1, 0.15) is 19.4 Å². The summed E-state index contributed by atoms with van der Waals surface area (Å²) in [5.74, 6) is -3.83. The maximum absolute atomic E-state index is 12.7. The quantitative estimate of drug-likeness (QED) is 0.917. The van der Waals surface area contributed by atoms with E-state index < -0.39 is 11.8 Å². The summed E-state index contributed by atoms with van der Waals surface area (Å²) in [6, 6.07) is 3.60. The lowest BCUT2D eigenvalue weighted by Crippen LogP contribution is -2.41. The third-order valence-corrected chi connectivity index (χ3v) is 3.23. The number of carbonyl (C=O) groups excluding carboxylic acids is 1. The molecule has 1 aliphatic rings. The maximum Gasteiger partial charge on any atom is 0.321 e. The smallest absolute Gasteiger partial charge is 0.321 e. The fourth-order valence-electron chi connectivity index (χ4n) is 2.07. The zero-order valence-corrected chi connectivity index (χ0v) is 12.1. The van der Waals surface area contributed by atoms with Crippen LogP contribution in [0.25, 0.3) is 0 Å². The summed E-state index contributed by atoms with van der Waals surface area (Å²) < 4.78 is 30.9. The Morgan fingerprint density at radius 1 is 1.57 bits per heavy atom. The van der Waals surface area contributed by atoms with E-state index in [0.717, 1.165) is 18.9 Å². The van der Waals surface area contributed by atoms with Crippen LogP contribution in [-0.4, -0.2) is 42.6 Å². The summed E-state index contributed by atoms with van der Waals surface area (Å²) in [7, 11) is 0. The van der Waals surface area contributed by atoms with Crippen molar-refractivity contribution in [2.45, 2.75) is 32.4 Å². The molecule has 0 unspecified atom stereocenters. The van der Waals surface area contributed by atoms with Gasteiger partial charge in [0.25, 0.3) is 5.91 Å². The van der Waals surface area contributed by atoms with E-state index in [-0.39, 0.29) is 12.6 Å². The Hall–Kier alpha value is -1.76. The lowest BCUT2D eigenvalue weighted by molar-refractivity contribution is -0.143. The van der Waals surface area contributed by atoms with Gasteiger partial charge < -0.3 is 15.0 Å². The molecule has 1 aromatic heterocycles. The van der Waals surface area contributed by atoms with Crippen LogP contribution in [0, 0.1) is 0 Å². The van der Waals surface area contributed by atoms with Crippen LogP contribution in [-0.2, 0) is 16.1 Å². The van der Waals surface area contributed by atoms with E-state index in [4.69, 9.17) is 4.74 Å². The molecule has 2 rings (SSSR count). The fraction of sp³-hybridized carbons (Fsp3) is 0.571. The highest BCUT2D eigenvalue weighted by molar-refractivity contribution is 5.82. The van der Waals surface area contributed by atoms with Crippen molar-refractivity contribution in [3.8, 4) is 0 Å². The van der Waals surface area contributed by atoms with Crippen molar-refractivity contribution in [3.63, 3.8) is 0 Å². The molecular formula is C14H19F2N3O2. The van der Waals surface area contributed by atoms with Crippen LogP contribution < -0.4 is 10.2 Å². The molecule has 1 amide bonds. The summed E-state index contributed by atoms with van der Waals surface area (Å²) in [6.07, 6.45) is 1.75. The molecule has 1 saturated heterocycles. The van der Waals surface area contributed by atoms with Gasteiger partial charge in [-0.25, -0.2) is 4.98 Å². The third kappa shape index (κ3) is 4.35. The van der Waals surface area contributed by atoms with Gasteiger partial charge in [0.05, 0.1) is 12.7 Å². The molecule has 1 aliphatic heterocycles. The first kappa shape index (κ1) is 15.6. The first-order valence-electron chi connectivity index (χ1n) is 6.84. The van der Waals surface area contributed by atoms with Crippen molar-refractivity contribution >= 4 is 11.7 Å². The minimum Gasteiger partial charge on any atom is -0.375 e. The molecular weight excluding hydrogens is 280 g/mol. The van der Waals surface area contributed by atoms with Gasteiger partial charge in [-0.3, -0.25) is 4.79 Å². The van der Waals surface area contributed by atoms with Gasteiger partial charge in [-0.15, -0.1) is 0 Å². The molecule has 1 aromatic rings. The number of rotatable bonds is 4. The predicted molar refractivity (Wildman–Crippen MR) is 74.3 cm³/mol. The number of anilines is 1. The number of aromatic nitrogens is 1. The Balaban J connectivity index is 1.91. The van der Waals surface area contributed by atoms with Gasteiger partial charge in [0.2, 0.25) is 0 Å². The molecule has 1 N–H and O–H groups in total. The summed E-state index contributed by atoms with van der Waals surface area (Å²) in [5.41, 5.74) is 0.678. The number of morpholine rings is 1. The Kier molecular flexibility index (Phi) is 4.72. The van der Waals surface area contributed by atoms with Gasteiger partial charge >= 0.3 is 5.92 Å². The molecule has 5 nitrogen and oxygen atoms in total. The largest absolute Gasteiger partial charge is 0.375 e. The highest BCUT2D eigenvalue weighted by atomic mass is 19.3. The van der Waals surface area contributed by atoms with Crippen molar-refractivity contribution in [1.82, 2.24) is 10.3 Å². The van der Waals surface area contributed by atoms with E-state index in [1.165, 1.54) is 0 Å². The number of hydrogen-bond acceptors (Lipinski definition) is 4. The monoisotopic (exact) mass is 299 g/mol. The number of pyridine rings is 1. The normalized spacial score (nSPS) is 19.4. The Bertz CT molecular complexity index is 488. The van der Waals surface area contributed by atoms with Crippen LogP contribution in [0.4, 0.5) is 14.6 Å². The Morgan fingerprint density at radius 3 is 2.90 bits per heavy atom. The minimum atomic E-state index is -3.36. The van der Waals surface area contributed by atoms with Gasteiger partial charge in [0.1, 0.15) is 5.82 Å². The number of nitrogens with zero attached hydrogens (tertiary/aromatic N) is 2. The second-order valence-corrected chi connectivity index (χ2v) is 5.22. The highest BCUT2D eigenvalue weighted by Gasteiger charge is 2.31. The molecule has 21 heavy (non-hydrogen) atoms. The lowest BCUT2D eigenvalue weighted by Gasteiger charge is -2.32. The summed E-state index contributed by atoms with van der Waals surface area (Å²) in [4.78, 5) is 17.5. The van der Waals surface area contributed by atoms with E-state index >= 15 is 0 Å². The molecule has 0 saturated carbocycles. The van der Waals surface area contributed by atoms with Crippen LogP contribution in [0.5, 0.6) is 0 Å².